The molecule has 16 heteroatoms. The zero-order chi connectivity index (χ0) is 40.2. The summed E-state index contributed by atoms with van der Waals surface area (Å²) < 4.78 is 52.1. The fourth-order valence-electron chi connectivity index (χ4n) is 5.91. The van der Waals surface area contributed by atoms with Gasteiger partial charge in [0.25, 0.3) is 11.7 Å². The number of hydrogen-bond acceptors (Lipinski definition) is 10. The van der Waals surface area contributed by atoms with Crippen LogP contribution in [0.1, 0.15) is 66.6 Å². The van der Waals surface area contributed by atoms with Crippen LogP contribution in [0.3, 0.4) is 0 Å². The van der Waals surface area contributed by atoms with Crippen molar-refractivity contribution in [3.8, 4) is 11.3 Å². The van der Waals surface area contributed by atoms with E-state index in [9.17, 15) is 41.9 Å². The van der Waals surface area contributed by atoms with E-state index in [1.165, 1.54) is 70.3 Å². The molecule has 4 aromatic rings. The van der Waals surface area contributed by atoms with Gasteiger partial charge in [-0.2, -0.15) is 0 Å². The van der Waals surface area contributed by atoms with Gasteiger partial charge >= 0.3 is 5.97 Å². The molecule has 1 saturated carbocycles. The number of rotatable bonds is 15. The summed E-state index contributed by atoms with van der Waals surface area (Å²) in [6.07, 6.45) is 3.19. The number of esters is 1. The fourth-order valence-corrected chi connectivity index (χ4v) is 6.78. The molecule has 0 atom stereocenters. The van der Waals surface area contributed by atoms with E-state index >= 15 is 0 Å². The zero-order valence-electron chi connectivity index (χ0n) is 30.8. The van der Waals surface area contributed by atoms with Crippen molar-refractivity contribution in [3.63, 3.8) is 0 Å². The summed E-state index contributed by atoms with van der Waals surface area (Å²) in [7, 11) is -2.64. The minimum absolute atomic E-state index is 0.00554. The summed E-state index contributed by atoms with van der Waals surface area (Å²) in [5.41, 5.74) is 0.753. The fraction of sp³-hybridized carbons (Fsp3) is 0.308. The van der Waals surface area contributed by atoms with E-state index in [0.29, 0.717) is 22.1 Å². The molecule has 3 aromatic carbocycles. The molecule has 1 aliphatic carbocycles. The highest BCUT2D eigenvalue weighted by molar-refractivity contribution is 7.92. The largest absolute Gasteiger partial charge is 0.507 e. The second-order valence-corrected chi connectivity index (χ2v) is 15.4. The highest BCUT2D eigenvalue weighted by Gasteiger charge is 2.36. The number of ether oxygens (including phenoxy) is 1. The molecule has 4 N–H and O–H groups in total. The number of benzene rings is 3. The Morgan fingerprint density at radius 2 is 1.75 bits per heavy atom. The number of amides is 3. The van der Waals surface area contributed by atoms with Crippen molar-refractivity contribution in [1.29, 1.82) is 0 Å². The highest BCUT2D eigenvalue weighted by Crippen LogP contribution is 2.48. The summed E-state index contributed by atoms with van der Waals surface area (Å²) >= 11 is 0. The molecule has 0 aliphatic heterocycles. The van der Waals surface area contributed by atoms with Crippen LogP contribution in [0.5, 0.6) is 0 Å². The Kier molecular flexibility index (Phi) is 11.8. The molecule has 0 spiro atoms. The van der Waals surface area contributed by atoms with Crippen LogP contribution < -0.4 is 20.3 Å². The predicted octanol–water partition coefficient (Wildman–Crippen LogP) is 4.48. The van der Waals surface area contributed by atoms with Crippen molar-refractivity contribution in [2.75, 3.05) is 30.8 Å². The SMILES string of the molecule is CCOC(=O)C(=O)C=C(O)c1cccc(CNC(=O)C(C)(C)NC(=O)CN(c2cc3oc(-c4ccc(F)cc4)c(C(=O)NC)c3cc2C2CC2)S(C)(=O)=O)c1. The molecule has 290 valence electrons. The van der Waals surface area contributed by atoms with Crippen LogP contribution in [0, 0.1) is 5.82 Å². The van der Waals surface area contributed by atoms with Gasteiger partial charge in [-0.1, -0.05) is 18.2 Å². The first kappa shape index (κ1) is 40.2. The molecule has 3 amide bonds. The van der Waals surface area contributed by atoms with Gasteiger partial charge in [0.15, 0.2) is 0 Å². The molecule has 55 heavy (non-hydrogen) atoms. The third-order valence-electron chi connectivity index (χ3n) is 8.81. The van der Waals surface area contributed by atoms with Crippen LogP contribution in [0.2, 0.25) is 0 Å². The summed E-state index contributed by atoms with van der Waals surface area (Å²) in [4.78, 5) is 63.5. The number of aliphatic hydroxyl groups excluding tert-OH is 1. The zero-order valence-corrected chi connectivity index (χ0v) is 31.6. The van der Waals surface area contributed by atoms with Crippen molar-refractivity contribution in [2.24, 2.45) is 0 Å². The molecule has 14 nitrogen and oxygen atoms in total. The van der Waals surface area contributed by atoms with Crippen molar-refractivity contribution >= 4 is 61.9 Å². The van der Waals surface area contributed by atoms with Gasteiger partial charge in [-0.05, 0) is 87.1 Å². The molecule has 0 unspecified atom stereocenters. The second kappa shape index (κ2) is 16.1. The summed E-state index contributed by atoms with van der Waals surface area (Å²) in [6.45, 7) is 3.68. The summed E-state index contributed by atoms with van der Waals surface area (Å²) in [6, 6.07) is 14.8. The number of anilines is 1. The average molecular weight is 777 g/mol. The Balaban J connectivity index is 1.36. The lowest BCUT2D eigenvalue weighted by Crippen LogP contribution is -2.56. The number of ketones is 1. The smallest absolute Gasteiger partial charge is 0.379 e. The van der Waals surface area contributed by atoms with Crippen molar-refractivity contribution in [2.45, 2.75) is 51.6 Å². The topological polar surface area (TPSA) is 201 Å². The van der Waals surface area contributed by atoms with Gasteiger partial charge < -0.3 is 30.2 Å². The third kappa shape index (κ3) is 9.38. The Labute approximate surface area is 316 Å². The number of nitrogens with zero attached hydrogens (tertiary/aromatic N) is 1. The van der Waals surface area contributed by atoms with Crippen LogP contribution in [0.15, 0.2) is 71.2 Å². The normalized spacial score (nSPS) is 13.2. The first-order valence-electron chi connectivity index (χ1n) is 17.3. The Morgan fingerprint density at radius 1 is 1.05 bits per heavy atom. The predicted molar refractivity (Wildman–Crippen MR) is 202 cm³/mol. The molecule has 1 fully saturated rings. The lowest BCUT2D eigenvalue weighted by Gasteiger charge is -2.29. The van der Waals surface area contributed by atoms with Gasteiger partial charge in [-0.25, -0.2) is 17.6 Å². The molecule has 1 heterocycles. The van der Waals surface area contributed by atoms with Gasteiger partial charge in [-0.15, -0.1) is 0 Å². The first-order valence-corrected chi connectivity index (χ1v) is 19.1. The number of carbonyl (C=O) groups excluding carboxylic acids is 5. The molecule has 0 radical (unpaired) electrons. The van der Waals surface area contributed by atoms with Gasteiger partial charge in [-0.3, -0.25) is 23.5 Å². The van der Waals surface area contributed by atoms with Crippen LogP contribution in [0.25, 0.3) is 28.1 Å². The second-order valence-electron chi connectivity index (χ2n) is 13.5. The van der Waals surface area contributed by atoms with E-state index in [4.69, 9.17) is 4.42 Å². The summed E-state index contributed by atoms with van der Waals surface area (Å²) in [5.74, 6) is -4.86. The third-order valence-corrected chi connectivity index (χ3v) is 9.94. The number of furan rings is 1. The Hall–Kier alpha value is -6.03. The molecule has 0 saturated heterocycles. The average Bonchev–Trinajstić information content (AvgIpc) is 3.92. The molecule has 0 bridgehead atoms. The lowest BCUT2D eigenvalue weighted by atomic mass is 10.0. The van der Waals surface area contributed by atoms with Gasteiger partial charge in [0.05, 0.1) is 24.1 Å². The van der Waals surface area contributed by atoms with E-state index in [1.54, 1.807) is 18.2 Å². The highest BCUT2D eigenvalue weighted by atomic mass is 32.2. The standard InChI is InChI=1S/C39H41FN4O10S/c1-6-53-37(49)31(46)19-30(45)25-9-7-8-22(16-25)20-42-38(50)39(2,3)43-33(47)21-44(55(5,51)52)29-18-32-28(17-27(29)23-10-11-23)34(36(48)41-4)35(54-32)24-12-14-26(40)15-13-24/h7-9,12-19,23,45H,6,10-11,20-21H2,1-5H3,(H,41,48)(H,42,50)(H,43,47). The number of halogens is 1. The molecular formula is C39H41FN4O10S. The Bertz CT molecular complexity index is 2310. The van der Waals surface area contributed by atoms with Crippen molar-refractivity contribution < 1.29 is 51.0 Å². The van der Waals surface area contributed by atoms with E-state index in [2.05, 4.69) is 20.7 Å². The van der Waals surface area contributed by atoms with Gasteiger partial charge in [0.1, 0.15) is 35.0 Å². The molecule has 1 aromatic heterocycles. The maximum absolute atomic E-state index is 13.7. The number of nitrogens with one attached hydrogen (secondary N) is 3. The van der Waals surface area contributed by atoms with E-state index in [0.717, 1.165) is 29.5 Å². The van der Waals surface area contributed by atoms with Crippen molar-refractivity contribution in [1.82, 2.24) is 16.0 Å². The first-order chi connectivity index (χ1) is 25.9. The van der Waals surface area contributed by atoms with E-state index in [1.807, 2.05) is 0 Å². The van der Waals surface area contributed by atoms with E-state index < -0.39 is 63.2 Å². The van der Waals surface area contributed by atoms with Crippen molar-refractivity contribution in [3.05, 3.63) is 94.8 Å². The number of sulfonamides is 1. The maximum Gasteiger partial charge on any atom is 0.379 e. The number of hydrogen-bond donors (Lipinski definition) is 4. The number of fused-ring (bicyclic) bond motifs is 1. The quantitative estimate of drug-likeness (QED) is 0.0577. The van der Waals surface area contributed by atoms with Crippen LogP contribution >= 0.6 is 0 Å². The van der Waals surface area contributed by atoms with Crippen LogP contribution in [-0.2, 0) is 40.5 Å². The van der Waals surface area contributed by atoms with Crippen LogP contribution in [0.4, 0.5) is 10.1 Å². The number of carbonyl (C=O) groups is 5. The monoisotopic (exact) mass is 776 g/mol. The maximum atomic E-state index is 13.7. The van der Waals surface area contributed by atoms with Gasteiger partial charge in [0, 0.05) is 42.2 Å². The van der Waals surface area contributed by atoms with Crippen LogP contribution in [-0.4, -0.2) is 75.0 Å². The summed E-state index contributed by atoms with van der Waals surface area (Å²) in [5, 5.41) is 18.7. The Morgan fingerprint density at radius 3 is 2.36 bits per heavy atom. The van der Waals surface area contributed by atoms with Gasteiger partial charge in [0.2, 0.25) is 21.8 Å². The molecular weight excluding hydrogens is 736 g/mol. The minimum atomic E-state index is -4.10. The molecule has 5 rings (SSSR count). The molecule has 1 aliphatic rings. The number of aliphatic hydroxyl groups is 1. The van der Waals surface area contributed by atoms with E-state index in [-0.39, 0.29) is 47.2 Å². The minimum Gasteiger partial charge on any atom is -0.507 e. The lowest BCUT2D eigenvalue weighted by molar-refractivity contribution is -0.151.